The molecule has 0 aliphatic carbocycles. The number of rotatable bonds is 5. The first-order valence-corrected chi connectivity index (χ1v) is 8.91. The summed E-state index contributed by atoms with van der Waals surface area (Å²) < 4.78 is 4.86. The number of aromatic nitrogens is 1. The summed E-state index contributed by atoms with van der Waals surface area (Å²) in [5, 5.41) is 7.05. The third-order valence-electron chi connectivity index (χ3n) is 4.76. The number of nitrogens with zero attached hydrogens (tertiary/aromatic N) is 3. The predicted octanol–water partition coefficient (Wildman–Crippen LogP) is 2.83. The number of aryl methyl sites for hydroxylation is 1. The number of carbonyl (C=O) groups excluding carboxylic acids is 1. The lowest BCUT2D eigenvalue weighted by molar-refractivity contribution is 0.132. The van der Waals surface area contributed by atoms with Crippen molar-refractivity contribution >= 4 is 6.03 Å². The molecule has 0 spiro atoms. The molecule has 134 valence electrons. The first kappa shape index (κ1) is 17.5. The molecule has 2 aromatic rings. The number of amides is 2. The van der Waals surface area contributed by atoms with Crippen LogP contribution in [0.2, 0.25) is 0 Å². The van der Waals surface area contributed by atoms with Crippen LogP contribution in [0.1, 0.15) is 36.7 Å². The predicted molar refractivity (Wildman–Crippen MR) is 96.1 cm³/mol. The first-order chi connectivity index (χ1) is 12.2. The summed E-state index contributed by atoms with van der Waals surface area (Å²) >= 11 is 0. The minimum atomic E-state index is 0.00608. The van der Waals surface area contributed by atoms with E-state index in [0.29, 0.717) is 0 Å². The summed E-state index contributed by atoms with van der Waals surface area (Å²) in [4.78, 5) is 16.7. The van der Waals surface area contributed by atoms with Gasteiger partial charge in [-0.25, -0.2) is 4.79 Å². The quantitative estimate of drug-likeness (QED) is 0.908. The molecule has 1 aromatic heterocycles. The van der Waals surface area contributed by atoms with E-state index in [-0.39, 0.29) is 12.1 Å². The normalized spacial score (nSPS) is 16.6. The number of hydrogen-bond acceptors (Lipinski definition) is 4. The maximum atomic E-state index is 12.5. The third-order valence-corrected chi connectivity index (χ3v) is 4.76. The number of piperazine rings is 1. The highest BCUT2D eigenvalue weighted by Crippen LogP contribution is 2.15. The van der Waals surface area contributed by atoms with Crippen molar-refractivity contribution in [1.82, 2.24) is 20.3 Å². The second kappa shape index (κ2) is 8.16. The van der Waals surface area contributed by atoms with Crippen molar-refractivity contribution < 1.29 is 9.32 Å². The highest BCUT2D eigenvalue weighted by atomic mass is 16.5. The van der Waals surface area contributed by atoms with E-state index < -0.39 is 0 Å². The van der Waals surface area contributed by atoms with E-state index >= 15 is 0 Å². The molecule has 0 unspecified atom stereocenters. The van der Waals surface area contributed by atoms with Crippen LogP contribution in [-0.4, -0.2) is 47.2 Å². The van der Waals surface area contributed by atoms with E-state index in [4.69, 9.17) is 4.52 Å². The molecule has 1 fully saturated rings. The maximum absolute atomic E-state index is 12.5. The summed E-state index contributed by atoms with van der Waals surface area (Å²) in [6, 6.07) is 10.3. The standard InChI is InChI=1S/C19H26N4O2/c1-3-16-4-6-17(7-5-16)15(2)20-19(24)23-11-9-22(10-12-23)14-18-8-13-25-21-18/h4-8,13,15H,3,9-12,14H2,1-2H3,(H,20,24)/t15-/m0/s1. The number of nitrogens with one attached hydrogen (secondary N) is 1. The minimum absolute atomic E-state index is 0.00608. The van der Waals surface area contributed by atoms with Gasteiger partial charge in [0, 0.05) is 38.8 Å². The first-order valence-electron chi connectivity index (χ1n) is 8.91. The molecule has 1 aliphatic rings. The van der Waals surface area contributed by atoms with E-state index in [9.17, 15) is 4.79 Å². The van der Waals surface area contributed by atoms with Gasteiger partial charge >= 0.3 is 6.03 Å². The Morgan fingerprint density at radius 2 is 1.92 bits per heavy atom. The number of benzene rings is 1. The van der Waals surface area contributed by atoms with Crippen molar-refractivity contribution in [3.8, 4) is 0 Å². The summed E-state index contributed by atoms with van der Waals surface area (Å²) in [6.45, 7) is 8.09. The van der Waals surface area contributed by atoms with E-state index in [1.165, 1.54) is 5.56 Å². The van der Waals surface area contributed by atoms with Crippen molar-refractivity contribution in [2.24, 2.45) is 0 Å². The van der Waals surface area contributed by atoms with Crippen LogP contribution in [0.4, 0.5) is 4.79 Å². The molecule has 1 aliphatic heterocycles. The summed E-state index contributed by atoms with van der Waals surface area (Å²) in [7, 11) is 0. The Labute approximate surface area is 148 Å². The fraction of sp³-hybridized carbons (Fsp3) is 0.474. The molecule has 6 heteroatoms. The SMILES string of the molecule is CCc1ccc([C@H](C)NC(=O)N2CCN(Cc3ccon3)CC2)cc1. The molecule has 2 heterocycles. The second-order valence-corrected chi connectivity index (χ2v) is 6.52. The zero-order valence-electron chi connectivity index (χ0n) is 14.9. The molecular weight excluding hydrogens is 316 g/mol. The summed E-state index contributed by atoms with van der Waals surface area (Å²) in [6.07, 6.45) is 2.62. The van der Waals surface area contributed by atoms with E-state index in [1.54, 1.807) is 6.26 Å². The van der Waals surface area contributed by atoms with Crippen LogP contribution < -0.4 is 5.32 Å². The Hall–Kier alpha value is -2.34. The Balaban J connectivity index is 1.47. The molecule has 1 atom stereocenters. The van der Waals surface area contributed by atoms with Crippen LogP contribution in [0, 0.1) is 0 Å². The van der Waals surface area contributed by atoms with E-state index in [0.717, 1.165) is 50.4 Å². The van der Waals surface area contributed by atoms with Gasteiger partial charge < -0.3 is 14.7 Å². The van der Waals surface area contributed by atoms with Crippen molar-refractivity contribution in [3.05, 3.63) is 53.4 Å². The smallest absolute Gasteiger partial charge is 0.317 e. The van der Waals surface area contributed by atoms with Gasteiger partial charge in [-0.15, -0.1) is 0 Å². The molecule has 3 rings (SSSR count). The van der Waals surface area contributed by atoms with Gasteiger partial charge in [0.25, 0.3) is 0 Å². The van der Waals surface area contributed by atoms with Gasteiger partial charge in [0.1, 0.15) is 6.26 Å². The lowest BCUT2D eigenvalue weighted by Gasteiger charge is -2.34. The fourth-order valence-electron chi connectivity index (χ4n) is 3.06. The van der Waals surface area contributed by atoms with Gasteiger partial charge in [0.15, 0.2) is 0 Å². The average molecular weight is 342 g/mol. The van der Waals surface area contributed by atoms with Crippen LogP contribution >= 0.6 is 0 Å². The third kappa shape index (κ3) is 4.60. The minimum Gasteiger partial charge on any atom is -0.364 e. The Bertz CT molecular complexity index is 661. The molecule has 6 nitrogen and oxygen atoms in total. The highest BCUT2D eigenvalue weighted by molar-refractivity contribution is 5.74. The van der Waals surface area contributed by atoms with Crippen LogP contribution in [0.5, 0.6) is 0 Å². The van der Waals surface area contributed by atoms with Crippen molar-refractivity contribution in [2.45, 2.75) is 32.9 Å². The monoisotopic (exact) mass is 342 g/mol. The van der Waals surface area contributed by atoms with E-state index in [2.05, 4.69) is 46.6 Å². The molecule has 0 radical (unpaired) electrons. The molecule has 1 aromatic carbocycles. The number of urea groups is 1. The van der Waals surface area contributed by atoms with Crippen molar-refractivity contribution in [1.29, 1.82) is 0 Å². The zero-order valence-corrected chi connectivity index (χ0v) is 14.9. The van der Waals surface area contributed by atoms with Gasteiger partial charge in [-0.1, -0.05) is 36.3 Å². The van der Waals surface area contributed by atoms with Crippen LogP contribution in [0.15, 0.2) is 41.1 Å². The van der Waals surface area contributed by atoms with Gasteiger partial charge in [0.2, 0.25) is 0 Å². The molecule has 1 N–H and O–H groups in total. The molecular formula is C19H26N4O2. The molecule has 0 saturated carbocycles. The van der Waals surface area contributed by atoms with Crippen LogP contribution in [0.3, 0.4) is 0 Å². The maximum Gasteiger partial charge on any atom is 0.317 e. The zero-order chi connectivity index (χ0) is 17.6. The van der Waals surface area contributed by atoms with Gasteiger partial charge in [-0.3, -0.25) is 4.90 Å². The Kier molecular flexibility index (Phi) is 5.71. The molecule has 2 amide bonds. The topological polar surface area (TPSA) is 61.6 Å². The fourth-order valence-corrected chi connectivity index (χ4v) is 3.06. The highest BCUT2D eigenvalue weighted by Gasteiger charge is 2.22. The molecule has 1 saturated heterocycles. The largest absolute Gasteiger partial charge is 0.364 e. The van der Waals surface area contributed by atoms with Gasteiger partial charge in [0.05, 0.1) is 11.7 Å². The number of carbonyl (C=O) groups is 1. The number of hydrogen-bond donors (Lipinski definition) is 1. The second-order valence-electron chi connectivity index (χ2n) is 6.52. The van der Waals surface area contributed by atoms with Crippen molar-refractivity contribution in [3.63, 3.8) is 0 Å². The lowest BCUT2D eigenvalue weighted by Crippen LogP contribution is -2.51. The average Bonchev–Trinajstić information content (AvgIpc) is 3.15. The summed E-state index contributed by atoms with van der Waals surface area (Å²) in [5.74, 6) is 0. The van der Waals surface area contributed by atoms with Crippen molar-refractivity contribution in [2.75, 3.05) is 26.2 Å². The Morgan fingerprint density at radius 3 is 2.52 bits per heavy atom. The molecule has 0 bridgehead atoms. The van der Waals surface area contributed by atoms with E-state index in [1.807, 2.05) is 17.9 Å². The van der Waals surface area contributed by atoms with Gasteiger partial charge in [-0.05, 0) is 24.5 Å². The van der Waals surface area contributed by atoms with Gasteiger partial charge in [-0.2, -0.15) is 0 Å². The molecule has 25 heavy (non-hydrogen) atoms. The van der Waals surface area contributed by atoms with Crippen LogP contribution in [-0.2, 0) is 13.0 Å². The summed E-state index contributed by atoms with van der Waals surface area (Å²) in [5.41, 5.74) is 3.38. The van der Waals surface area contributed by atoms with Crippen LogP contribution in [0.25, 0.3) is 0 Å². The Morgan fingerprint density at radius 1 is 1.20 bits per heavy atom. The lowest BCUT2D eigenvalue weighted by atomic mass is 10.1.